The van der Waals surface area contributed by atoms with Crippen molar-refractivity contribution < 1.29 is 32.6 Å². The number of hydrogen-bond donors (Lipinski definition) is 3. The number of halogens is 3. The normalized spacial score (nSPS) is 19.5. The number of carboxylic acid groups (broad SMARTS) is 1. The Hall–Kier alpha value is -3.23. The molecule has 1 fully saturated rings. The maximum absolute atomic E-state index is 12.8. The molecule has 35 heavy (non-hydrogen) atoms. The molecular weight excluding hydrogens is 461 g/mol. The van der Waals surface area contributed by atoms with Crippen LogP contribution in [0.25, 0.3) is 0 Å². The molecule has 0 radical (unpaired) electrons. The van der Waals surface area contributed by atoms with E-state index in [4.69, 9.17) is 0 Å². The van der Waals surface area contributed by atoms with Crippen LogP contribution in [0.4, 0.5) is 23.7 Å². The average molecular weight is 493 g/mol. The SMILES string of the molecule is CC(C)(C)[C@H]1CC[C@@H](C(NC(=O)Nc2ccc(OC(F)(F)F)cc2)c2ccc(C(=O)O)cc2)CC1. The van der Waals surface area contributed by atoms with Crippen molar-refractivity contribution in [2.24, 2.45) is 17.3 Å². The van der Waals surface area contributed by atoms with E-state index in [1.165, 1.54) is 24.3 Å². The smallest absolute Gasteiger partial charge is 0.478 e. The van der Waals surface area contributed by atoms with E-state index in [0.717, 1.165) is 43.4 Å². The van der Waals surface area contributed by atoms with E-state index >= 15 is 0 Å². The summed E-state index contributed by atoms with van der Waals surface area (Å²) in [6.07, 6.45) is -0.903. The molecule has 6 nitrogen and oxygen atoms in total. The number of carbonyl (C=O) groups is 2. The van der Waals surface area contributed by atoms with E-state index in [2.05, 4.69) is 36.1 Å². The summed E-state index contributed by atoms with van der Waals surface area (Å²) in [5, 5.41) is 14.9. The summed E-state index contributed by atoms with van der Waals surface area (Å²) in [6.45, 7) is 6.70. The second kappa shape index (κ2) is 10.6. The van der Waals surface area contributed by atoms with Gasteiger partial charge in [0.15, 0.2) is 0 Å². The molecule has 1 unspecified atom stereocenters. The monoisotopic (exact) mass is 492 g/mol. The van der Waals surface area contributed by atoms with Crippen molar-refractivity contribution in [3.63, 3.8) is 0 Å². The van der Waals surface area contributed by atoms with E-state index in [9.17, 15) is 27.9 Å². The van der Waals surface area contributed by atoms with Crippen molar-refractivity contribution in [2.45, 2.75) is 58.9 Å². The molecule has 0 spiro atoms. The third kappa shape index (κ3) is 7.63. The van der Waals surface area contributed by atoms with E-state index in [1.54, 1.807) is 12.1 Å². The second-order valence-electron chi connectivity index (χ2n) is 10.1. The highest BCUT2D eigenvalue weighted by Crippen LogP contribution is 2.43. The summed E-state index contributed by atoms with van der Waals surface area (Å²) in [6, 6.07) is 10.5. The Morgan fingerprint density at radius 2 is 1.51 bits per heavy atom. The number of rotatable bonds is 6. The number of carbonyl (C=O) groups excluding carboxylic acids is 1. The lowest BCUT2D eigenvalue weighted by Crippen LogP contribution is -2.38. The maximum Gasteiger partial charge on any atom is 0.573 e. The lowest BCUT2D eigenvalue weighted by molar-refractivity contribution is -0.274. The zero-order chi connectivity index (χ0) is 25.8. The number of ether oxygens (including phenoxy) is 1. The Balaban J connectivity index is 1.72. The number of aromatic carboxylic acids is 1. The minimum absolute atomic E-state index is 0.162. The van der Waals surface area contributed by atoms with Gasteiger partial charge in [-0.05, 0) is 84.9 Å². The van der Waals surface area contributed by atoms with Gasteiger partial charge in [-0.1, -0.05) is 32.9 Å². The molecule has 0 heterocycles. The van der Waals surface area contributed by atoms with Crippen LogP contribution in [0.3, 0.4) is 0 Å². The molecule has 0 aliphatic heterocycles. The Labute approximate surface area is 202 Å². The number of carboxylic acids is 1. The number of nitrogens with one attached hydrogen (secondary N) is 2. The molecule has 1 atom stereocenters. The van der Waals surface area contributed by atoms with Gasteiger partial charge in [0.1, 0.15) is 5.75 Å². The number of benzene rings is 2. The lowest BCUT2D eigenvalue weighted by Gasteiger charge is -2.39. The fourth-order valence-corrected chi connectivity index (χ4v) is 4.67. The van der Waals surface area contributed by atoms with Gasteiger partial charge in [0.05, 0.1) is 11.6 Å². The van der Waals surface area contributed by atoms with Crippen molar-refractivity contribution in [1.82, 2.24) is 5.32 Å². The van der Waals surface area contributed by atoms with Crippen LogP contribution in [0, 0.1) is 17.3 Å². The molecule has 1 saturated carbocycles. The highest BCUT2D eigenvalue weighted by Gasteiger charge is 2.34. The van der Waals surface area contributed by atoms with Gasteiger partial charge in [-0.15, -0.1) is 13.2 Å². The standard InChI is InChI=1S/C26H31F3N2O4/c1-25(2,3)19-10-8-17(9-11-19)22(16-4-6-18(7-5-16)23(32)33)31-24(34)30-20-12-14-21(15-13-20)35-26(27,28)29/h4-7,12-15,17,19,22H,8-11H2,1-3H3,(H,32,33)(H2,30,31,34)/t17-,19+,22?. The summed E-state index contributed by atoms with van der Waals surface area (Å²) >= 11 is 0. The Kier molecular flexibility index (Phi) is 7.97. The zero-order valence-electron chi connectivity index (χ0n) is 20.0. The van der Waals surface area contributed by atoms with E-state index in [-0.39, 0.29) is 28.7 Å². The van der Waals surface area contributed by atoms with Crippen LogP contribution in [-0.4, -0.2) is 23.5 Å². The van der Waals surface area contributed by atoms with Crippen molar-refractivity contribution in [2.75, 3.05) is 5.32 Å². The molecule has 1 aliphatic carbocycles. The van der Waals surface area contributed by atoms with E-state index in [1.807, 2.05) is 0 Å². The molecule has 0 saturated heterocycles. The van der Waals surface area contributed by atoms with Crippen LogP contribution < -0.4 is 15.4 Å². The van der Waals surface area contributed by atoms with Crippen LogP contribution in [-0.2, 0) is 0 Å². The van der Waals surface area contributed by atoms with Gasteiger partial charge < -0.3 is 20.5 Å². The predicted octanol–water partition coefficient (Wildman–Crippen LogP) is 7.00. The summed E-state index contributed by atoms with van der Waals surface area (Å²) in [4.78, 5) is 24.1. The molecule has 2 aromatic carbocycles. The minimum Gasteiger partial charge on any atom is -0.478 e. The van der Waals surface area contributed by atoms with Gasteiger partial charge in [-0.25, -0.2) is 9.59 Å². The van der Waals surface area contributed by atoms with Gasteiger partial charge in [0.25, 0.3) is 0 Å². The van der Waals surface area contributed by atoms with E-state index in [0.29, 0.717) is 11.6 Å². The van der Waals surface area contributed by atoms with Crippen molar-refractivity contribution in [3.8, 4) is 5.75 Å². The average Bonchev–Trinajstić information content (AvgIpc) is 2.77. The first-order chi connectivity index (χ1) is 16.3. The summed E-state index contributed by atoms with van der Waals surface area (Å²) < 4.78 is 40.9. The van der Waals surface area contributed by atoms with Gasteiger partial charge in [0, 0.05) is 5.69 Å². The number of amides is 2. The van der Waals surface area contributed by atoms with Gasteiger partial charge in [0.2, 0.25) is 0 Å². The van der Waals surface area contributed by atoms with Crippen molar-refractivity contribution >= 4 is 17.7 Å². The molecule has 0 aromatic heterocycles. The topological polar surface area (TPSA) is 87.7 Å². The molecule has 1 aliphatic rings. The molecule has 9 heteroatoms. The molecule has 0 bridgehead atoms. The largest absolute Gasteiger partial charge is 0.573 e. The molecular formula is C26H31F3N2O4. The third-order valence-corrected chi connectivity index (χ3v) is 6.62. The summed E-state index contributed by atoms with van der Waals surface area (Å²) in [7, 11) is 0. The van der Waals surface area contributed by atoms with Crippen molar-refractivity contribution in [1.29, 1.82) is 0 Å². The lowest BCUT2D eigenvalue weighted by atomic mass is 9.68. The minimum atomic E-state index is -4.79. The first kappa shape index (κ1) is 26.4. The highest BCUT2D eigenvalue weighted by molar-refractivity contribution is 5.90. The summed E-state index contributed by atoms with van der Waals surface area (Å²) in [5.74, 6) is -0.657. The fourth-order valence-electron chi connectivity index (χ4n) is 4.67. The molecule has 3 rings (SSSR count). The highest BCUT2D eigenvalue weighted by atomic mass is 19.4. The third-order valence-electron chi connectivity index (χ3n) is 6.62. The fraction of sp³-hybridized carbons (Fsp3) is 0.462. The van der Waals surface area contributed by atoms with Crippen LogP contribution >= 0.6 is 0 Å². The van der Waals surface area contributed by atoms with Gasteiger partial charge in [-0.2, -0.15) is 0 Å². The quantitative estimate of drug-likeness (QED) is 0.405. The van der Waals surface area contributed by atoms with Crippen LogP contribution in [0.15, 0.2) is 48.5 Å². The number of hydrogen-bond acceptors (Lipinski definition) is 3. The van der Waals surface area contributed by atoms with Gasteiger partial charge >= 0.3 is 18.4 Å². The number of urea groups is 1. The predicted molar refractivity (Wildman–Crippen MR) is 126 cm³/mol. The first-order valence-corrected chi connectivity index (χ1v) is 11.6. The Morgan fingerprint density at radius 1 is 0.943 bits per heavy atom. The molecule has 2 aromatic rings. The van der Waals surface area contributed by atoms with E-state index < -0.39 is 18.4 Å². The summed E-state index contributed by atoms with van der Waals surface area (Å²) in [5.41, 5.74) is 1.48. The van der Waals surface area contributed by atoms with Crippen molar-refractivity contribution in [3.05, 3.63) is 59.7 Å². The molecule has 190 valence electrons. The molecule has 2 amide bonds. The number of alkyl halides is 3. The second-order valence-corrected chi connectivity index (χ2v) is 10.1. The maximum atomic E-state index is 12.8. The van der Waals surface area contributed by atoms with Crippen LogP contribution in [0.2, 0.25) is 0 Å². The molecule has 3 N–H and O–H groups in total. The Bertz CT molecular complexity index is 1010. The van der Waals surface area contributed by atoms with Crippen LogP contribution in [0.1, 0.15) is 68.4 Å². The zero-order valence-corrected chi connectivity index (χ0v) is 20.0. The van der Waals surface area contributed by atoms with Gasteiger partial charge in [-0.3, -0.25) is 0 Å². The number of anilines is 1. The Morgan fingerprint density at radius 3 is 2.00 bits per heavy atom. The van der Waals surface area contributed by atoms with Crippen LogP contribution in [0.5, 0.6) is 5.75 Å². The first-order valence-electron chi connectivity index (χ1n) is 11.6.